The first-order valence-corrected chi connectivity index (χ1v) is 7.95. The van der Waals surface area contributed by atoms with Gasteiger partial charge in [-0.1, -0.05) is 53.0 Å². The number of carbonyl (C=O) groups is 2. The number of carboxylic acid groups (broad SMARTS) is 1. The van der Waals surface area contributed by atoms with E-state index in [0.29, 0.717) is 13.0 Å². The normalized spacial score (nSPS) is 14.9. The first-order valence-electron chi connectivity index (χ1n) is 7.95. The summed E-state index contributed by atoms with van der Waals surface area (Å²) in [5, 5.41) is 9.50. The fourth-order valence-electron chi connectivity index (χ4n) is 2.65. The fraction of sp³-hybridized carbons (Fsp3) is 0.765. The Morgan fingerprint density at radius 3 is 2.14 bits per heavy atom. The second kappa shape index (κ2) is 9.59. The molecule has 0 aliphatic carbocycles. The molecule has 0 fully saturated rings. The van der Waals surface area contributed by atoms with Gasteiger partial charge in [0.05, 0.1) is 12.2 Å². The van der Waals surface area contributed by atoms with Crippen LogP contribution in [0, 0.1) is 11.3 Å². The maximum atomic E-state index is 12.7. The van der Waals surface area contributed by atoms with Gasteiger partial charge in [-0.15, -0.1) is 0 Å². The largest absolute Gasteiger partial charge is 0.478 e. The van der Waals surface area contributed by atoms with Gasteiger partial charge in [-0.05, 0) is 25.7 Å². The molecule has 1 unspecified atom stereocenters. The van der Waals surface area contributed by atoms with Gasteiger partial charge in [0.25, 0.3) is 0 Å². The molecule has 0 spiro atoms. The van der Waals surface area contributed by atoms with Crippen molar-refractivity contribution in [2.75, 3.05) is 6.61 Å². The predicted molar refractivity (Wildman–Crippen MR) is 84.1 cm³/mol. The van der Waals surface area contributed by atoms with Gasteiger partial charge in [-0.3, -0.25) is 4.79 Å². The van der Waals surface area contributed by atoms with Crippen molar-refractivity contribution in [1.82, 2.24) is 0 Å². The van der Waals surface area contributed by atoms with Crippen LogP contribution in [0.1, 0.15) is 66.7 Å². The van der Waals surface area contributed by atoms with E-state index < -0.39 is 17.4 Å². The van der Waals surface area contributed by atoms with Crippen LogP contribution in [-0.4, -0.2) is 23.7 Å². The molecule has 0 rings (SSSR count). The minimum absolute atomic E-state index is 0.125. The van der Waals surface area contributed by atoms with Crippen LogP contribution in [0.15, 0.2) is 11.6 Å². The zero-order chi connectivity index (χ0) is 16.5. The molecule has 21 heavy (non-hydrogen) atoms. The first kappa shape index (κ1) is 19.7. The Kier molecular flexibility index (Phi) is 8.98. The van der Waals surface area contributed by atoms with Gasteiger partial charge < -0.3 is 9.84 Å². The molecule has 0 aromatic heterocycles. The van der Waals surface area contributed by atoms with Crippen LogP contribution < -0.4 is 0 Å². The minimum Gasteiger partial charge on any atom is -0.478 e. The van der Waals surface area contributed by atoms with Crippen molar-refractivity contribution in [3.63, 3.8) is 0 Å². The molecular formula is C17H30O4. The van der Waals surface area contributed by atoms with Crippen molar-refractivity contribution in [2.24, 2.45) is 11.3 Å². The Morgan fingerprint density at radius 2 is 1.76 bits per heavy atom. The van der Waals surface area contributed by atoms with Crippen LogP contribution in [-0.2, 0) is 14.3 Å². The lowest BCUT2D eigenvalue weighted by Gasteiger charge is -2.36. The van der Waals surface area contributed by atoms with Gasteiger partial charge in [0.15, 0.2) is 0 Å². The van der Waals surface area contributed by atoms with E-state index in [4.69, 9.17) is 4.74 Å². The number of ether oxygens (including phenoxy) is 1. The Hall–Kier alpha value is -1.32. The van der Waals surface area contributed by atoms with Crippen molar-refractivity contribution in [2.45, 2.75) is 66.7 Å². The van der Waals surface area contributed by atoms with E-state index in [-0.39, 0.29) is 11.5 Å². The van der Waals surface area contributed by atoms with Gasteiger partial charge >= 0.3 is 11.9 Å². The number of hydrogen-bond acceptors (Lipinski definition) is 3. The predicted octanol–water partition coefficient (Wildman–Crippen LogP) is 4.19. The second-order valence-electron chi connectivity index (χ2n) is 5.73. The lowest BCUT2D eigenvalue weighted by atomic mass is 9.67. The topological polar surface area (TPSA) is 63.6 Å². The molecule has 0 aromatic carbocycles. The van der Waals surface area contributed by atoms with Crippen LogP contribution in [0.4, 0.5) is 0 Å². The van der Waals surface area contributed by atoms with Gasteiger partial charge in [-0.2, -0.15) is 0 Å². The highest BCUT2D eigenvalue weighted by Crippen LogP contribution is 2.42. The molecule has 1 N–H and O–H groups in total. The number of rotatable bonds is 10. The molecular weight excluding hydrogens is 268 g/mol. The molecule has 4 nitrogen and oxygen atoms in total. The highest BCUT2D eigenvalue weighted by atomic mass is 16.5. The lowest BCUT2D eigenvalue weighted by Crippen LogP contribution is -2.42. The van der Waals surface area contributed by atoms with E-state index in [0.717, 1.165) is 25.7 Å². The molecule has 4 heteroatoms. The number of esters is 1. The van der Waals surface area contributed by atoms with E-state index >= 15 is 0 Å². The third-order valence-electron chi connectivity index (χ3n) is 4.01. The average molecular weight is 298 g/mol. The van der Waals surface area contributed by atoms with E-state index in [1.807, 2.05) is 27.7 Å². The van der Waals surface area contributed by atoms with Crippen LogP contribution >= 0.6 is 0 Å². The Balaban J connectivity index is 5.58. The van der Waals surface area contributed by atoms with E-state index in [1.165, 1.54) is 0 Å². The first-order chi connectivity index (χ1) is 9.88. The standard InChI is InChI=1S/C17H30O4/c1-6-9-11-17(13(4)5,14(8-3)15(18)19)16(20)21-12-10-7-2/h8,13H,6-7,9-12H2,1-5H3,(H,18,19). The van der Waals surface area contributed by atoms with Gasteiger partial charge in [-0.25, -0.2) is 4.79 Å². The van der Waals surface area contributed by atoms with E-state index in [9.17, 15) is 14.7 Å². The summed E-state index contributed by atoms with van der Waals surface area (Å²) >= 11 is 0. The maximum Gasteiger partial charge on any atom is 0.332 e. The number of aliphatic carboxylic acids is 1. The molecule has 0 saturated heterocycles. The smallest absolute Gasteiger partial charge is 0.332 e. The monoisotopic (exact) mass is 298 g/mol. The van der Waals surface area contributed by atoms with Crippen molar-refractivity contribution >= 4 is 11.9 Å². The summed E-state index contributed by atoms with van der Waals surface area (Å²) in [6.07, 6.45) is 5.49. The van der Waals surface area contributed by atoms with Gasteiger partial charge in [0.2, 0.25) is 0 Å². The third kappa shape index (κ3) is 4.87. The van der Waals surface area contributed by atoms with Crippen molar-refractivity contribution in [3.05, 3.63) is 11.6 Å². The SMILES string of the molecule is CC=C(C(=O)O)C(CCCC)(C(=O)OCCCC)C(C)C. The number of unbranched alkanes of at least 4 members (excludes halogenated alkanes) is 2. The summed E-state index contributed by atoms with van der Waals surface area (Å²) in [5.74, 6) is -1.55. The molecule has 0 aliphatic rings. The molecule has 0 aliphatic heterocycles. The third-order valence-corrected chi connectivity index (χ3v) is 4.01. The van der Waals surface area contributed by atoms with Crippen molar-refractivity contribution < 1.29 is 19.4 Å². The highest BCUT2D eigenvalue weighted by molar-refractivity contribution is 5.97. The van der Waals surface area contributed by atoms with Crippen molar-refractivity contribution in [1.29, 1.82) is 0 Å². The van der Waals surface area contributed by atoms with Gasteiger partial charge in [0.1, 0.15) is 5.41 Å². The number of allylic oxidation sites excluding steroid dienone is 1. The summed E-state index contributed by atoms with van der Waals surface area (Å²) in [5.41, 5.74) is -0.892. The van der Waals surface area contributed by atoms with Crippen LogP contribution in [0.5, 0.6) is 0 Å². The Bertz CT molecular complexity index is 371. The summed E-state index contributed by atoms with van der Waals surface area (Å²) in [6, 6.07) is 0. The zero-order valence-electron chi connectivity index (χ0n) is 14.1. The molecule has 1 atom stereocenters. The summed E-state index contributed by atoms with van der Waals surface area (Å²) in [7, 11) is 0. The number of carbonyl (C=O) groups excluding carboxylic acids is 1. The molecule has 122 valence electrons. The molecule has 0 aromatic rings. The zero-order valence-corrected chi connectivity index (χ0v) is 14.1. The van der Waals surface area contributed by atoms with Crippen LogP contribution in [0.25, 0.3) is 0 Å². The van der Waals surface area contributed by atoms with E-state index in [2.05, 4.69) is 0 Å². The minimum atomic E-state index is -1.05. The van der Waals surface area contributed by atoms with E-state index in [1.54, 1.807) is 13.0 Å². The molecule has 0 heterocycles. The summed E-state index contributed by atoms with van der Waals surface area (Å²) in [6.45, 7) is 9.86. The second-order valence-corrected chi connectivity index (χ2v) is 5.73. The maximum absolute atomic E-state index is 12.7. The number of carboxylic acids is 1. The Morgan fingerprint density at radius 1 is 1.19 bits per heavy atom. The Labute approximate surface area is 128 Å². The van der Waals surface area contributed by atoms with Crippen LogP contribution in [0.2, 0.25) is 0 Å². The molecule has 0 bridgehead atoms. The highest BCUT2D eigenvalue weighted by Gasteiger charge is 2.48. The summed E-state index contributed by atoms with van der Waals surface area (Å²) < 4.78 is 5.40. The van der Waals surface area contributed by atoms with Crippen LogP contribution in [0.3, 0.4) is 0 Å². The fourth-order valence-corrected chi connectivity index (χ4v) is 2.65. The molecule has 0 radical (unpaired) electrons. The lowest BCUT2D eigenvalue weighted by molar-refractivity contribution is -0.159. The van der Waals surface area contributed by atoms with Gasteiger partial charge in [0, 0.05) is 0 Å². The number of hydrogen-bond donors (Lipinski definition) is 1. The molecule has 0 amide bonds. The average Bonchev–Trinajstić information content (AvgIpc) is 2.42. The molecule has 0 saturated carbocycles. The van der Waals surface area contributed by atoms with Crippen molar-refractivity contribution in [3.8, 4) is 0 Å². The quantitative estimate of drug-likeness (QED) is 0.373. The summed E-state index contributed by atoms with van der Waals surface area (Å²) in [4.78, 5) is 24.3.